The first-order valence-electron chi connectivity index (χ1n) is 7.12. The van der Waals surface area contributed by atoms with Gasteiger partial charge in [0.15, 0.2) is 0 Å². The van der Waals surface area contributed by atoms with Gasteiger partial charge >= 0.3 is 0 Å². The number of carbonyl (C=O) groups is 1. The molecule has 0 bridgehead atoms. The Balaban J connectivity index is 2.30. The number of nitriles is 1. The van der Waals surface area contributed by atoms with E-state index in [9.17, 15) is 4.79 Å². The molecule has 1 aromatic rings. The Hall–Kier alpha value is -1.86. The van der Waals surface area contributed by atoms with Gasteiger partial charge in [-0.2, -0.15) is 5.26 Å². The maximum Gasteiger partial charge on any atom is 0.234 e. The van der Waals surface area contributed by atoms with Crippen molar-refractivity contribution >= 4 is 11.6 Å². The standard InChI is InChI=1S/C16H21N3O/c1-19(14-8-4-3-7-13(14)11-17)15(20)16(12-18)9-5-2-6-10-16/h3-4,7-8H,2,5-6,9-10,12,18H2,1H3. The molecule has 1 amide bonds. The van der Waals surface area contributed by atoms with E-state index in [-0.39, 0.29) is 5.91 Å². The molecule has 1 aliphatic carbocycles. The third kappa shape index (κ3) is 2.54. The fourth-order valence-electron chi connectivity index (χ4n) is 3.06. The van der Waals surface area contributed by atoms with Gasteiger partial charge in [0, 0.05) is 13.6 Å². The molecule has 0 unspecified atom stereocenters. The van der Waals surface area contributed by atoms with Gasteiger partial charge in [0.2, 0.25) is 5.91 Å². The second-order valence-corrected chi connectivity index (χ2v) is 5.54. The van der Waals surface area contributed by atoms with Crippen molar-refractivity contribution in [2.24, 2.45) is 11.1 Å². The predicted octanol–water partition coefficient (Wildman–Crippen LogP) is 2.43. The molecule has 0 heterocycles. The zero-order valence-corrected chi connectivity index (χ0v) is 11.9. The third-order valence-corrected chi connectivity index (χ3v) is 4.35. The van der Waals surface area contributed by atoms with Gasteiger partial charge < -0.3 is 10.6 Å². The maximum absolute atomic E-state index is 12.9. The number of carbonyl (C=O) groups excluding carboxylic acids is 1. The lowest BCUT2D eigenvalue weighted by Crippen LogP contribution is -2.48. The molecule has 2 N–H and O–H groups in total. The van der Waals surface area contributed by atoms with Crippen LogP contribution < -0.4 is 10.6 Å². The molecule has 4 heteroatoms. The average molecular weight is 271 g/mol. The summed E-state index contributed by atoms with van der Waals surface area (Å²) in [5.74, 6) is 0.0439. The molecule has 4 nitrogen and oxygen atoms in total. The van der Waals surface area contributed by atoms with Gasteiger partial charge in [-0.1, -0.05) is 31.4 Å². The van der Waals surface area contributed by atoms with Crippen molar-refractivity contribution in [2.75, 3.05) is 18.5 Å². The summed E-state index contributed by atoms with van der Waals surface area (Å²) in [5.41, 5.74) is 6.65. The minimum absolute atomic E-state index is 0.0439. The molecule has 1 aliphatic rings. The molecule has 2 rings (SSSR count). The van der Waals surface area contributed by atoms with Gasteiger partial charge in [0.1, 0.15) is 6.07 Å². The summed E-state index contributed by atoms with van der Waals surface area (Å²) < 4.78 is 0. The molecule has 1 saturated carbocycles. The lowest BCUT2D eigenvalue weighted by Gasteiger charge is -2.38. The highest BCUT2D eigenvalue weighted by Crippen LogP contribution is 2.38. The fraction of sp³-hybridized carbons (Fsp3) is 0.500. The van der Waals surface area contributed by atoms with Gasteiger partial charge in [-0.15, -0.1) is 0 Å². The summed E-state index contributed by atoms with van der Waals surface area (Å²) in [6.45, 7) is 0.380. The van der Waals surface area contributed by atoms with Crippen LogP contribution in [0.4, 0.5) is 5.69 Å². The summed E-state index contributed by atoms with van der Waals surface area (Å²) >= 11 is 0. The summed E-state index contributed by atoms with van der Waals surface area (Å²) in [5, 5.41) is 9.17. The van der Waals surface area contributed by atoms with Gasteiger partial charge in [-0.05, 0) is 25.0 Å². The SMILES string of the molecule is CN(C(=O)C1(CN)CCCCC1)c1ccccc1C#N. The van der Waals surface area contributed by atoms with Crippen molar-refractivity contribution in [3.63, 3.8) is 0 Å². The zero-order chi connectivity index (χ0) is 14.6. The molecule has 1 aromatic carbocycles. The van der Waals surface area contributed by atoms with E-state index in [4.69, 9.17) is 11.0 Å². The number of para-hydroxylation sites is 1. The number of hydrogen-bond donors (Lipinski definition) is 1. The molecule has 0 saturated heterocycles. The average Bonchev–Trinajstić information content (AvgIpc) is 2.54. The summed E-state index contributed by atoms with van der Waals surface area (Å²) in [7, 11) is 1.74. The van der Waals surface area contributed by atoms with Crippen molar-refractivity contribution < 1.29 is 4.79 Å². The number of hydrogen-bond acceptors (Lipinski definition) is 3. The van der Waals surface area contributed by atoms with Crippen molar-refractivity contribution in [1.82, 2.24) is 0 Å². The molecule has 20 heavy (non-hydrogen) atoms. The van der Waals surface area contributed by atoms with Crippen molar-refractivity contribution in [1.29, 1.82) is 5.26 Å². The van der Waals surface area contributed by atoms with Crippen LogP contribution in [-0.4, -0.2) is 19.5 Å². The van der Waals surface area contributed by atoms with Gasteiger partial charge in [0.25, 0.3) is 0 Å². The van der Waals surface area contributed by atoms with E-state index in [2.05, 4.69) is 6.07 Å². The number of nitrogens with zero attached hydrogens (tertiary/aromatic N) is 2. The Bertz CT molecular complexity index is 527. The van der Waals surface area contributed by atoms with Crippen LogP contribution in [0.3, 0.4) is 0 Å². The van der Waals surface area contributed by atoms with E-state index in [0.717, 1.165) is 25.7 Å². The van der Waals surface area contributed by atoms with E-state index in [1.165, 1.54) is 6.42 Å². The second kappa shape index (κ2) is 6.06. The lowest BCUT2D eigenvalue weighted by atomic mass is 9.73. The highest BCUT2D eigenvalue weighted by Gasteiger charge is 2.40. The van der Waals surface area contributed by atoms with Crippen LogP contribution in [0.25, 0.3) is 0 Å². The van der Waals surface area contributed by atoms with Crippen LogP contribution in [-0.2, 0) is 4.79 Å². The summed E-state index contributed by atoms with van der Waals surface area (Å²) in [6, 6.07) is 9.33. The fourth-order valence-corrected chi connectivity index (χ4v) is 3.06. The van der Waals surface area contributed by atoms with E-state index < -0.39 is 5.41 Å². The van der Waals surface area contributed by atoms with Crippen molar-refractivity contribution in [3.8, 4) is 6.07 Å². The molecule has 1 fully saturated rings. The molecular formula is C16H21N3O. The van der Waals surface area contributed by atoms with Gasteiger partial charge in [-0.3, -0.25) is 4.79 Å². The Morgan fingerprint density at radius 3 is 2.60 bits per heavy atom. The molecule has 0 atom stereocenters. The maximum atomic E-state index is 12.9. The Kier molecular flexibility index (Phi) is 4.41. The lowest BCUT2D eigenvalue weighted by molar-refractivity contribution is -0.129. The highest BCUT2D eigenvalue weighted by atomic mass is 16.2. The highest BCUT2D eigenvalue weighted by molar-refractivity contribution is 5.98. The topological polar surface area (TPSA) is 70.1 Å². The van der Waals surface area contributed by atoms with E-state index >= 15 is 0 Å². The molecule has 0 aromatic heterocycles. The van der Waals surface area contributed by atoms with Crippen molar-refractivity contribution in [3.05, 3.63) is 29.8 Å². The van der Waals surface area contributed by atoms with Crippen LogP contribution in [0.2, 0.25) is 0 Å². The minimum Gasteiger partial charge on any atom is -0.329 e. The Morgan fingerprint density at radius 2 is 2.00 bits per heavy atom. The third-order valence-electron chi connectivity index (χ3n) is 4.35. The van der Waals surface area contributed by atoms with E-state index in [1.807, 2.05) is 12.1 Å². The molecule has 0 radical (unpaired) electrons. The summed E-state index contributed by atoms with van der Waals surface area (Å²) in [6.07, 6.45) is 4.98. The number of amides is 1. The minimum atomic E-state index is -0.449. The monoisotopic (exact) mass is 271 g/mol. The molecule has 0 aliphatic heterocycles. The Morgan fingerprint density at radius 1 is 1.35 bits per heavy atom. The Labute approximate surface area is 120 Å². The normalized spacial score (nSPS) is 17.2. The molecular weight excluding hydrogens is 250 g/mol. The molecule has 106 valence electrons. The summed E-state index contributed by atoms with van der Waals surface area (Å²) in [4.78, 5) is 14.5. The number of benzene rings is 1. The predicted molar refractivity (Wildman–Crippen MR) is 79.1 cm³/mol. The smallest absolute Gasteiger partial charge is 0.234 e. The van der Waals surface area contributed by atoms with Crippen molar-refractivity contribution in [2.45, 2.75) is 32.1 Å². The van der Waals surface area contributed by atoms with Crippen LogP contribution in [0.1, 0.15) is 37.7 Å². The van der Waals surface area contributed by atoms with Crippen LogP contribution in [0.5, 0.6) is 0 Å². The first-order chi connectivity index (χ1) is 9.64. The van der Waals surface area contributed by atoms with Crippen LogP contribution in [0, 0.1) is 16.7 Å². The first-order valence-corrected chi connectivity index (χ1v) is 7.12. The number of nitrogens with two attached hydrogens (primary N) is 1. The number of anilines is 1. The van der Waals surface area contributed by atoms with Crippen LogP contribution >= 0.6 is 0 Å². The molecule has 0 spiro atoms. The van der Waals surface area contributed by atoms with Crippen LogP contribution in [0.15, 0.2) is 24.3 Å². The van der Waals surface area contributed by atoms with E-state index in [0.29, 0.717) is 17.8 Å². The van der Waals surface area contributed by atoms with E-state index in [1.54, 1.807) is 24.1 Å². The zero-order valence-electron chi connectivity index (χ0n) is 11.9. The quantitative estimate of drug-likeness (QED) is 0.917. The largest absolute Gasteiger partial charge is 0.329 e. The first kappa shape index (κ1) is 14.5. The number of rotatable bonds is 3. The van der Waals surface area contributed by atoms with Gasteiger partial charge in [0.05, 0.1) is 16.7 Å². The van der Waals surface area contributed by atoms with Gasteiger partial charge in [-0.25, -0.2) is 0 Å². The second-order valence-electron chi connectivity index (χ2n) is 5.54.